The number of benzene rings is 3. The van der Waals surface area contributed by atoms with Gasteiger partial charge in [0.05, 0.1) is 14.2 Å². The number of carbonyl (C=O) groups excluding carboxylic acids is 1. The van der Waals surface area contributed by atoms with Crippen molar-refractivity contribution in [3.63, 3.8) is 0 Å². The summed E-state index contributed by atoms with van der Waals surface area (Å²) in [5.41, 5.74) is 3.75. The number of ether oxygens (including phenoxy) is 2. The second-order valence-electron chi connectivity index (χ2n) is 5.76. The van der Waals surface area contributed by atoms with Crippen molar-refractivity contribution in [3.8, 4) is 22.6 Å². The number of carbonyl (C=O) groups is 1. The normalized spacial score (nSPS) is 10.7. The minimum Gasteiger partial charge on any atom is -0.493 e. The Hall–Kier alpha value is -3.33. The molecule has 0 amide bonds. The van der Waals surface area contributed by atoms with Gasteiger partial charge in [-0.1, -0.05) is 66.7 Å². The van der Waals surface area contributed by atoms with Gasteiger partial charge in [0.1, 0.15) is 0 Å². The largest absolute Gasteiger partial charge is 0.493 e. The first kappa shape index (κ1) is 17.5. The highest BCUT2D eigenvalue weighted by atomic mass is 16.5. The van der Waals surface area contributed by atoms with E-state index in [1.807, 2.05) is 72.8 Å². The molecule has 3 nitrogen and oxygen atoms in total. The van der Waals surface area contributed by atoms with Crippen molar-refractivity contribution in [2.24, 2.45) is 0 Å². The molecule has 0 aliphatic carbocycles. The lowest BCUT2D eigenvalue weighted by molar-refractivity contribution is 0.104. The van der Waals surface area contributed by atoms with Crippen molar-refractivity contribution in [2.75, 3.05) is 14.2 Å². The van der Waals surface area contributed by atoms with Gasteiger partial charge in [-0.3, -0.25) is 4.79 Å². The first-order valence-electron chi connectivity index (χ1n) is 8.31. The molecule has 0 aliphatic rings. The van der Waals surface area contributed by atoms with Gasteiger partial charge in [-0.15, -0.1) is 0 Å². The van der Waals surface area contributed by atoms with Gasteiger partial charge in [0.2, 0.25) is 0 Å². The summed E-state index contributed by atoms with van der Waals surface area (Å²) in [7, 11) is 3.18. The molecule has 3 aromatic carbocycles. The summed E-state index contributed by atoms with van der Waals surface area (Å²) >= 11 is 0. The maximum atomic E-state index is 12.4. The Bertz CT molecular complexity index is 910. The molecule has 130 valence electrons. The van der Waals surface area contributed by atoms with Crippen LogP contribution in [0, 0.1) is 0 Å². The van der Waals surface area contributed by atoms with E-state index >= 15 is 0 Å². The lowest BCUT2D eigenvalue weighted by Crippen LogP contribution is -1.94. The zero-order chi connectivity index (χ0) is 18.4. The topological polar surface area (TPSA) is 35.5 Å². The van der Waals surface area contributed by atoms with Crippen molar-refractivity contribution in [1.82, 2.24) is 0 Å². The molecule has 0 heterocycles. The van der Waals surface area contributed by atoms with E-state index in [0.29, 0.717) is 17.1 Å². The van der Waals surface area contributed by atoms with E-state index in [1.54, 1.807) is 26.4 Å². The van der Waals surface area contributed by atoms with Gasteiger partial charge in [0, 0.05) is 5.56 Å². The highest BCUT2D eigenvalue weighted by Gasteiger charge is 2.05. The number of allylic oxidation sites excluding steroid dienone is 1. The quantitative estimate of drug-likeness (QED) is 0.451. The van der Waals surface area contributed by atoms with Gasteiger partial charge in [-0.05, 0) is 34.9 Å². The molecule has 0 saturated carbocycles. The third-order valence-corrected chi connectivity index (χ3v) is 4.11. The molecule has 0 bridgehead atoms. The molecule has 0 radical (unpaired) electrons. The molecule has 0 unspecified atom stereocenters. The third-order valence-electron chi connectivity index (χ3n) is 4.11. The molecule has 3 rings (SSSR count). The Morgan fingerprint density at radius 1 is 0.769 bits per heavy atom. The molecule has 3 heteroatoms. The van der Waals surface area contributed by atoms with Crippen LogP contribution >= 0.6 is 0 Å². The summed E-state index contributed by atoms with van der Waals surface area (Å²) in [5.74, 6) is 1.25. The number of methoxy groups -OCH3 is 2. The molecule has 0 aromatic heterocycles. The van der Waals surface area contributed by atoms with E-state index in [1.165, 1.54) is 0 Å². The van der Waals surface area contributed by atoms with Crippen molar-refractivity contribution in [1.29, 1.82) is 0 Å². The van der Waals surface area contributed by atoms with Gasteiger partial charge in [-0.2, -0.15) is 0 Å². The van der Waals surface area contributed by atoms with Crippen LogP contribution in [-0.2, 0) is 0 Å². The SMILES string of the molecule is COc1ccc(/C=C/C(=O)c2ccc(-c3ccccc3)cc2)cc1OC. The predicted molar refractivity (Wildman–Crippen MR) is 105 cm³/mol. The van der Waals surface area contributed by atoms with E-state index in [-0.39, 0.29) is 5.78 Å². The van der Waals surface area contributed by atoms with Crippen LogP contribution in [0.15, 0.2) is 78.9 Å². The average Bonchev–Trinajstić information content (AvgIpc) is 2.72. The summed E-state index contributed by atoms with van der Waals surface area (Å²) in [4.78, 5) is 12.4. The Labute approximate surface area is 153 Å². The second kappa shape index (κ2) is 8.17. The molecule has 0 N–H and O–H groups in total. The first-order chi connectivity index (χ1) is 12.7. The molecule has 0 spiro atoms. The van der Waals surface area contributed by atoms with Crippen LogP contribution in [0.25, 0.3) is 17.2 Å². The van der Waals surface area contributed by atoms with E-state index in [2.05, 4.69) is 0 Å². The fraction of sp³-hybridized carbons (Fsp3) is 0.0870. The smallest absolute Gasteiger partial charge is 0.185 e. The monoisotopic (exact) mass is 344 g/mol. The summed E-state index contributed by atoms with van der Waals surface area (Å²) in [6.45, 7) is 0. The van der Waals surface area contributed by atoms with Crippen LogP contribution in [-0.4, -0.2) is 20.0 Å². The molecule has 0 aliphatic heterocycles. The zero-order valence-corrected chi connectivity index (χ0v) is 14.8. The molecular weight excluding hydrogens is 324 g/mol. The Morgan fingerprint density at radius 2 is 1.42 bits per heavy atom. The zero-order valence-electron chi connectivity index (χ0n) is 14.8. The fourth-order valence-corrected chi connectivity index (χ4v) is 2.68. The number of hydrogen-bond donors (Lipinski definition) is 0. The molecule has 3 aromatic rings. The highest BCUT2D eigenvalue weighted by Crippen LogP contribution is 2.28. The van der Waals surface area contributed by atoms with E-state index in [4.69, 9.17) is 9.47 Å². The number of rotatable bonds is 6. The van der Waals surface area contributed by atoms with Crippen LogP contribution in [0.4, 0.5) is 0 Å². The molecular formula is C23H20O3. The maximum absolute atomic E-state index is 12.4. The van der Waals surface area contributed by atoms with Gasteiger partial charge in [0.15, 0.2) is 17.3 Å². The van der Waals surface area contributed by atoms with Crippen LogP contribution in [0.2, 0.25) is 0 Å². The lowest BCUT2D eigenvalue weighted by Gasteiger charge is -2.07. The van der Waals surface area contributed by atoms with Crippen LogP contribution in [0.1, 0.15) is 15.9 Å². The van der Waals surface area contributed by atoms with Crippen molar-refractivity contribution in [2.45, 2.75) is 0 Å². The Kier molecular flexibility index (Phi) is 5.49. The van der Waals surface area contributed by atoms with Gasteiger partial charge < -0.3 is 9.47 Å². The van der Waals surface area contributed by atoms with E-state index in [9.17, 15) is 4.79 Å². The van der Waals surface area contributed by atoms with Crippen molar-refractivity contribution >= 4 is 11.9 Å². The van der Waals surface area contributed by atoms with Crippen molar-refractivity contribution < 1.29 is 14.3 Å². The van der Waals surface area contributed by atoms with Crippen LogP contribution in [0.3, 0.4) is 0 Å². The molecule has 0 saturated heterocycles. The van der Waals surface area contributed by atoms with Crippen LogP contribution in [0.5, 0.6) is 11.5 Å². The highest BCUT2D eigenvalue weighted by molar-refractivity contribution is 6.07. The fourth-order valence-electron chi connectivity index (χ4n) is 2.68. The lowest BCUT2D eigenvalue weighted by atomic mass is 10.0. The summed E-state index contributed by atoms with van der Waals surface area (Å²) < 4.78 is 10.5. The molecule has 0 atom stereocenters. The third kappa shape index (κ3) is 4.01. The Balaban J connectivity index is 1.74. The summed E-state index contributed by atoms with van der Waals surface area (Å²) in [6.07, 6.45) is 3.34. The summed E-state index contributed by atoms with van der Waals surface area (Å²) in [5, 5.41) is 0. The predicted octanol–water partition coefficient (Wildman–Crippen LogP) is 5.27. The van der Waals surface area contributed by atoms with Gasteiger partial charge in [0.25, 0.3) is 0 Å². The van der Waals surface area contributed by atoms with Crippen LogP contribution < -0.4 is 9.47 Å². The minimum atomic E-state index is -0.0422. The van der Waals surface area contributed by atoms with Gasteiger partial charge in [-0.25, -0.2) is 0 Å². The second-order valence-corrected chi connectivity index (χ2v) is 5.76. The number of ketones is 1. The first-order valence-corrected chi connectivity index (χ1v) is 8.31. The van der Waals surface area contributed by atoms with Gasteiger partial charge >= 0.3 is 0 Å². The maximum Gasteiger partial charge on any atom is 0.185 e. The minimum absolute atomic E-state index is 0.0422. The number of hydrogen-bond acceptors (Lipinski definition) is 3. The Morgan fingerprint density at radius 3 is 2.08 bits per heavy atom. The van der Waals surface area contributed by atoms with E-state index in [0.717, 1.165) is 16.7 Å². The summed E-state index contributed by atoms with van der Waals surface area (Å²) in [6, 6.07) is 23.2. The standard InChI is InChI=1S/C23H20O3/c1-25-22-15-9-17(16-23(22)26-2)8-14-21(24)20-12-10-19(11-13-20)18-6-4-3-5-7-18/h3-16H,1-2H3/b14-8+. The van der Waals surface area contributed by atoms with Crippen molar-refractivity contribution in [3.05, 3.63) is 90.0 Å². The average molecular weight is 344 g/mol. The molecule has 0 fully saturated rings. The van der Waals surface area contributed by atoms with E-state index < -0.39 is 0 Å². The molecule has 26 heavy (non-hydrogen) atoms.